The Morgan fingerprint density at radius 3 is 2.50 bits per heavy atom. The molecule has 0 unspecified atom stereocenters. The SMILES string of the molecule is Oc1cccc2c1c1ccc(-c3ccccc3)cc1n2C1=CC=CCC1. The quantitative estimate of drug-likeness (QED) is 0.452. The van der Waals surface area contributed by atoms with Gasteiger partial charge in [-0.05, 0) is 48.2 Å². The molecule has 26 heavy (non-hydrogen) atoms. The number of benzene rings is 3. The Bertz CT molecular complexity index is 1180. The molecule has 3 aromatic carbocycles. The van der Waals surface area contributed by atoms with Gasteiger partial charge in [0.1, 0.15) is 5.75 Å². The Balaban J connectivity index is 1.88. The highest BCUT2D eigenvalue weighted by atomic mass is 16.3. The molecule has 0 fully saturated rings. The molecule has 2 heteroatoms. The summed E-state index contributed by atoms with van der Waals surface area (Å²) in [6.07, 6.45) is 8.55. The standard InChI is InChI=1S/C24H19NO/c26-23-13-7-12-21-24(23)20-15-14-18(17-8-3-1-4-9-17)16-22(20)25(21)19-10-5-2-6-11-19/h1-5,7-10,12-16,26H,6,11H2. The van der Waals surface area contributed by atoms with E-state index in [1.165, 1.54) is 16.8 Å². The Kier molecular flexibility index (Phi) is 3.42. The minimum Gasteiger partial charge on any atom is -0.507 e. The van der Waals surface area contributed by atoms with Crippen molar-refractivity contribution in [2.75, 3.05) is 0 Å². The number of fused-ring (bicyclic) bond motifs is 3. The molecule has 0 aliphatic heterocycles. The number of phenols is 1. The first-order valence-electron chi connectivity index (χ1n) is 9.00. The van der Waals surface area contributed by atoms with Crippen molar-refractivity contribution in [2.45, 2.75) is 12.8 Å². The first kappa shape index (κ1) is 15.0. The normalized spacial score (nSPS) is 14.1. The van der Waals surface area contributed by atoms with Crippen LogP contribution in [-0.2, 0) is 0 Å². The van der Waals surface area contributed by atoms with E-state index in [1.807, 2.05) is 12.1 Å². The second-order valence-corrected chi connectivity index (χ2v) is 6.73. The van der Waals surface area contributed by atoms with E-state index < -0.39 is 0 Å². The van der Waals surface area contributed by atoms with Crippen LogP contribution in [0.25, 0.3) is 38.6 Å². The molecule has 0 spiro atoms. The van der Waals surface area contributed by atoms with Crippen molar-refractivity contribution in [3.63, 3.8) is 0 Å². The highest BCUT2D eigenvalue weighted by Gasteiger charge is 2.17. The van der Waals surface area contributed by atoms with Gasteiger partial charge in [-0.3, -0.25) is 0 Å². The number of nitrogens with zero attached hydrogens (tertiary/aromatic N) is 1. The van der Waals surface area contributed by atoms with Crippen LogP contribution in [0, 0.1) is 0 Å². The summed E-state index contributed by atoms with van der Waals surface area (Å²) in [4.78, 5) is 0. The minimum atomic E-state index is 0.339. The van der Waals surface area contributed by atoms with Gasteiger partial charge in [-0.25, -0.2) is 0 Å². The third-order valence-corrected chi connectivity index (χ3v) is 5.16. The Morgan fingerprint density at radius 1 is 0.808 bits per heavy atom. The van der Waals surface area contributed by atoms with Crippen molar-refractivity contribution in [2.24, 2.45) is 0 Å². The molecular weight excluding hydrogens is 318 g/mol. The topological polar surface area (TPSA) is 25.2 Å². The highest BCUT2D eigenvalue weighted by molar-refractivity contribution is 6.13. The van der Waals surface area contributed by atoms with Gasteiger partial charge in [0.2, 0.25) is 0 Å². The van der Waals surface area contributed by atoms with Gasteiger partial charge < -0.3 is 9.67 Å². The molecule has 0 atom stereocenters. The molecule has 0 saturated carbocycles. The van der Waals surface area contributed by atoms with Crippen LogP contribution in [0.15, 0.2) is 85.0 Å². The second-order valence-electron chi connectivity index (χ2n) is 6.73. The molecule has 0 bridgehead atoms. The third-order valence-electron chi connectivity index (χ3n) is 5.16. The minimum absolute atomic E-state index is 0.339. The van der Waals surface area contributed by atoms with Gasteiger partial charge in [-0.15, -0.1) is 0 Å². The summed E-state index contributed by atoms with van der Waals surface area (Å²) in [6.45, 7) is 0. The smallest absolute Gasteiger partial charge is 0.125 e. The number of allylic oxidation sites excluding steroid dienone is 4. The van der Waals surface area contributed by atoms with Gasteiger partial charge in [-0.1, -0.05) is 60.7 Å². The summed E-state index contributed by atoms with van der Waals surface area (Å²) in [6, 6.07) is 22.7. The van der Waals surface area contributed by atoms with Crippen LogP contribution in [0.2, 0.25) is 0 Å². The zero-order valence-electron chi connectivity index (χ0n) is 14.4. The fourth-order valence-corrected chi connectivity index (χ4v) is 3.94. The van der Waals surface area contributed by atoms with Crippen LogP contribution in [-0.4, -0.2) is 9.67 Å². The highest BCUT2D eigenvalue weighted by Crippen LogP contribution is 2.39. The lowest BCUT2D eigenvalue weighted by Gasteiger charge is -2.14. The molecular formula is C24H19NO. The van der Waals surface area contributed by atoms with Gasteiger partial charge in [0.05, 0.1) is 11.0 Å². The fourth-order valence-electron chi connectivity index (χ4n) is 3.94. The summed E-state index contributed by atoms with van der Waals surface area (Å²) in [5, 5.41) is 12.5. The van der Waals surface area contributed by atoms with Crippen molar-refractivity contribution in [1.82, 2.24) is 4.57 Å². The van der Waals surface area contributed by atoms with Crippen molar-refractivity contribution in [3.8, 4) is 16.9 Å². The van der Waals surface area contributed by atoms with Gasteiger partial charge in [-0.2, -0.15) is 0 Å². The lowest BCUT2D eigenvalue weighted by molar-refractivity contribution is 0.482. The zero-order valence-corrected chi connectivity index (χ0v) is 14.4. The van der Waals surface area contributed by atoms with Gasteiger partial charge in [0.15, 0.2) is 0 Å². The number of rotatable bonds is 2. The number of hydrogen-bond donors (Lipinski definition) is 1. The molecule has 0 amide bonds. The predicted octanol–water partition coefficient (Wildman–Crippen LogP) is 6.36. The van der Waals surface area contributed by atoms with Crippen LogP contribution in [0.3, 0.4) is 0 Å². The predicted molar refractivity (Wildman–Crippen MR) is 109 cm³/mol. The van der Waals surface area contributed by atoms with Gasteiger partial charge in [0.25, 0.3) is 0 Å². The Labute approximate surface area is 152 Å². The van der Waals surface area contributed by atoms with E-state index in [2.05, 4.69) is 71.3 Å². The summed E-state index contributed by atoms with van der Waals surface area (Å²) in [5.41, 5.74) is 5.86. The first-order valence-corrected chi connectivity index (χ1v) is 9.00. The van der Waals surface area contributed by atoms with Crippen molar-refractivity contribution < 1.29 is 5.11 Å². The molecule has 2 nitrogen and oxygen atoms in total. The lowest BCUT2D eigenvalue weighted by atomic mass is 10.0. The number of phenolic OH excluding ortho intramolecular Hbond substituents is 1. The lowest BCUT2D eigenvalue weighted by Crippen LogP contribution is -1.98. The van der Waals surface area contributed by atoms with E-state index in [9.17, 15) is 5.11 Å². The monoisotopic (exact) mass is 337 g/mol. The van der Waals surface area contributed by atoms with Crippen LogP contribution < -0.4 is 0 Å². The van der Waals surface area contributed by atoms with Crippen LogP contribution in [0.5, 0.6) is 5.75 Å². The molecule has 1 heterocycles. The average Bonchev–Trinajstić information content (AvgIpc) is 3.04. The molecule has 1 aromatic heterocycles. The van der Waals surface area contributed by atoms with E-state index in [4.69, 9.17) is 0 Å². The zero-order chi connectivity index (χ0) is 17.5. The molecule has 0 saturated heterocycles. The maximum Gasteiger partial charge on any atom is 0.125 e. The summed E-state index contributed by atoms with van der Waals surface area (Å²) < 4.78 is 2.31. The number of hydrogen-bond acceptors (Lipinski definition) is 1. The average molecular weight is 337 g/mol. The molecule has 0 radical (unpaired) electrons. The molecule has 1 aliphatic carbocycles. The first-order chi connectivity index (χ1) is 12.8. The molecule has 5 rings (SSSR count). The van der Waals surface area contributed by atoms with E-state index in [0.717, 1.165) is 34.6 Å². The van der Waals surface area contributed by atoms with E-state index in [0.29, 0.717) is 5.75 Å². The Morgan fingerprint density at radius 2 is 1.69 bits per heavy atom. The van der Waals surface area contributed by atoms with Crippen molar-refractivity contribution in [1.29, 1.82) is 0 Å². The van der Waals surface area contributed by atoms with Crippen molar-refractivity contribution in [3.05, 3.63) is 85.0 Å². The fraction of sp³-hybridized carbons (Fsp3) is 0.0833. The van der Waals surface area contributed by atoms with Crippen molar-refractivity contribution >= 4 is 27.5 Å². The largest absolute Gasteiger partial charge is 0.507 e. The van der Waals surface area contributed by atoms with Crippen LogP contribution in [0.4, 0.5) is 0 Å². The molecule has 1 N–H and O–H groups in total. The molecule has 1 aliphatic rings. The summed E-state index contributed by atoms with van der Waals surface area (Å²) in [7, 11) is 0. The second kappa shape index (κ2) is 5.92. The number of aromatic hydroxyl groups is 1. The Hall–Kier alpha value is -3.26. The number of aromatic nitrogens is 1. The van der Waals surface area contributed by atoms with Crippen LogP contribution in [0.1, 0.15) is 12.8 Å². The third kappa shape index (κ3) is 2.26. The van der Waals surface area contributed by atoms with Crippen LogP contribution >= 0.6 is 0 Å². The van der Waals surface area contributed by atoms with Gasteiger partial charge in [0, 0.05) is 16.5 Å². The molecule has 4 aromatic rings. The van der Waals surface area contributed by atoms with E-state index in [1.54, 1.807) is 6.07 Å². The van der Waals surface area contributed by atoms with E-state index >= 15 is 0 Å². The maximum absolute atomic E-state index is 10.5. The summed E-state index contributed by atoms with van der Waals surface area (Å²) in [5.74, 6) is 0.339. The molecule has 126 valence electrons. The maximum atomic E-state index is 10.5. The summed E-state index contributed by atoms with van der Waals surface area (Å²) >= 11 is 0. The van der Waals surface area contributed by atoms with E-state index in [-0.39, 0.29) is 0 Å². The van der Waals surface area contributed by atoms with Gasteiger partial charge >= 0.3 is 0 Å².